The van der Waals surface area contributed by atoms with Gasteiger partial charge in [-0.15, -0.1) is 0 Å². The summed E-state index contributed by atoms with van der Waals surface area (Å²) in [6.07, 6.45) is 4.83. The van der Waals surface area contributed by atoms with Crippen molar-refractivity contribution in [3.63, 3.8) is 0 Å². The van der Waals surface area contributed by atoms with Gasteiger partial charge >= 0.3 is 0 Å². The Kier molecular flexibility index (Phi) is 5.89. The molecule has 1 aliphatic rings. The summed E-state index contributed by atoms with van der Waals surface area (Å²) in [5.41, 5.74) is 6.92. The summed E-state index contributed by atoms with van der Waals surface area (Å²) in [5, 5.41) is 3.38. The van der Waals surface area contributed by atoms with E-state index in [4.69, 9.17) is 10.5 Å². The number of nitrogens with two attached hydrogens (primary N) is 1. The molecule has 0 spiro atoms. The van der Waals surface area contributed by atoms with Gasteiger partial charge in [-0.1, -0.05) is 43.5 Å². The maximum absolute atomic E-state index is 13.2. The number of halogens is 1. The van der Waals surface area contributed by atoms with Crippen molar-refractivity contribution in [1.29, 1.82) is 0 Å². The summed E-state index contributed by atoms with van der Waals surface area (Å²) in [6.45, 7) is 0.910. The molecule has 3 rings (SSSR count). The second kappa shape index (κ2) is 8.32. The van der Waals surface area contributed by atoms with Crippen LogP contribution in [0.4, 0.5) is 4.39 Å². The van der Waals surface area contributed by atoms with Crippen LogP contribution in [0.5, 0.6) is 5.75 Å². The Labute approximate surface area is 153 Å². The van der Waals surface area contributed by atoms with Gasteiger partial charge in [0, 0.05) is 6.54 Å². The van der Waals surface area contributed by atoms with Gasteiger partial charge < -0.3 is 10.5 Å². The predicted molar refractivity (Wildman–Crippen MR) is 99.0 cm³/mol. The highest BCUT2D eigenvalue weighted by Gasteiger charge is 2.37. The highest BCUT2D eigenvalue weighted by Crippen LogP contribution is 2.28. The predicted octanol–water partition coefficient (Wildman–Crippen LogP) is 3.68. The molecule has 1 amide bonds. The summed E-state index contributed by atoms with van der Waals surface area (Å²) in [5.74, 6) is 0.200. The van der Waals surface area contributed by atoms with Gasteiger partial charge in [-0.05, 0) is 48.2 Å². The van der Waals surface area contributed by atoms with Crippen LogP contribution in [0.1, 0.15) is 43.2 Å². The lowest BCUT2D eigenvalue weighted by molar-refractivity contribution is -0.125. The molecule has 1 saturated carbocycles. The SMILES string of the molecule is NC(=O)C1(NCc2ccc(OCc3cccc(F)c3)cc2)CCCCC1. The summed E-state index contributed by atoms with van der Waals surface area (Å²) < 4.78 is 18.9. The second-order valence-electron chi connectivity index (χ2n) is 6.92. The van der Waals surface area contributed by atoms with Crippen molar-refractivity contribution >= 4 is 5.91 Å². The normalized spacial score (nSPS) is 16.2. The number of amides is 1. The Morgan fingerprint density at radius 1 is 1.08 bits per heavy atom. The van der Waals surface area contributed by atoms with Crippen molar-refractivity contribution in [3.05, 3.63) is 65.5 Å². The third kappa shape index (κ3) is 4.61. The van der Waals surface area contributed by atoms with Gasteiger partial charge in [0.05, 0.1) is 5.54 Å². The molecular formula is C21H25FN2O2. The lowest BCUT2D eigenvalue weighted by Crippen LogP contribution is -2.56. The van der Waals surface area contributed by atoms with Crippen LogP contribution in [0, 0.1) is 5.82 Å². The smallest absolute Gasteiger partial charge is 0.237 e. The van der Waals surface area contributed by atoms with Crippen LogP contribution >= 0.6 is 0 Å². The largest absolute Gasteiger partial charge is 0.489 e. The zero-order valence-electron chi connectivity index (χ0n) is 14.8. The van der Waals surface area contributed by atoms with Crippen molar-refractivity contribution in [2.24, 2.45) is 5.73 Å². The van der Waals surface area contributed by atoms with Crippen LogP contribution in [0.15, 0.2) is 48.5 Å². The van der Waals surface area contributed by atoms with Crippen LogP contribution in [-0.2, 0) is 17.9 Å². The number of ether oxygens (including phenoxy) is 1. The minimum atomic E-state index is -0.579. The first-order valence-electron chi connectivity index (χ1n) is 9.09. The third-order valence-electron chi connectivity index (χ3n) is 5.03. The first kappa shape index (κ1) is 18.4. The van der Waals surface area contributed by atoms with Gasteiger partial charge in [0.25, 0.3) is 0 Å². The van der Waals surface area contributed by atoms with Crippen LogP contribution in [0.3, 0.4) is 0 Å². The fourth-order valence-corrected chi connectivity index (χ4v) is 3.43. The molecular weight excluding hydrogens is 331 g/mol. The molecule has 3 N–H and O–H groups in total. The minimum Gasteiger partial charge on any atom is -0.489 e. The highest BCUT2D eigenvalue weighted by molar-refractivity contribution is 5.84. The van der Waals surface area contributed by atoms with E-state index < -0.39 is 5.54 Å². The van der Waals surface area contributed by atoms with Gasteiger partial charge in [-0.3, -0.25) is 10.1 Å². The quantitative estimate of drug-likeness (QED) is 0.795. The lowest BCUT2D eigenvalue weighted by atomic mass is 9.81. The zero-order valence-corrected chi connectivity index (χ0v) is 14.8. The molecule has 0 atom stereocenters. The zero-order chi connectivity index (χ0) is 18.4. The van der Waals surface area contributed by atoms with Crippen molar-refractivity contribution in [2.75, 3.05) is 0 Å². The van der Waals surface area contributed by atoms with Crippen LogP contribution in [0.2, 0.25) is 0 Å². The third-order valence-corrected chi connectivity index (χ3v) is 5.03. The summed E-state index contributed by atoms with van der Waals surface area (Å²) in [6, 6.07) is 14.1. The van der Waals surface area contributed by atoms with E-state index in [1.54, 1.807) is 6.07 Å². The molecule has 0 unspecified atom stereocenters. The van der Waals surface area contributed by atoms with E-state index in [9.17, 15) is 9.18 Å². The number of nitrogens with one attached hydrogen (secondary N) is 1. The Bertz CT molecular complexity index is 740. The Balaban J connectivity index is 1.55. The average molecular weight is 356 g/mol. The van der Waals surface area contributed by atoms with Crippen molar-refractivity contribution in [2.45, 2.75) is 50.8 Å². The number of hydrogen-bond acceptors (Lipinski definition) is 3. The number of carbonyl (C=O) groups is 1. The maximum atomic E-state index is 13.2. The molecule has 4 nitrogen and oxygen atoms in total. The van der Waals surface area contributed by atoms with E-state index in [-0.39, 0.29) is 11.7 Å². The van der Waals surface area contributed by atoms with E-state index >= 15 is 0 Å². The number of primary amides is 1. The molecule has 138 valence electrons. The molecule has 0 aromatic heterocycles. The number of hydrogen-bond donors (Lipinski definition) is 2. The topological polar surface area (TPSA) is 64.4 Å². The highest BCUT2D eigenvalue weighted by atomic mass is 19.1. The fourth-order valence-electron chi connectivity index (χ4n) is 3.43. The van der Waals surface area contributed by atoms with Crippen molar-refractivity contribution < 1.29 is 13.9 Å². The number of benzene rings is 2. The molecule has 0 heterocycles. The lowest BCUT2D eigenvalue weighted by Gasteiger charge is -2.35. The first-order chi connectivity index (χ1) is 12.6. The van der Waals surface area contributed by atoms with Crippen LogP contribution in [-0.4, -0.2) is 11.4 Å². The van der Waals surface area contributed by atoms with E-state index in [2.05, 4.69) is 5.32 Å². The molecule has 0 saturated heterocycles. The molecule has 5 heteroatoms. The summed E-state index contributed by atoms with van der Waals surface area (Å²) >= 11 is 0. The Morgan fingerprint density at radius 2 is 1.81 bits per heavy atom. The monoisotopic (exact) mass is 356 g/mol. The second-order valence-corrected chi connectivity index (χ2v) is 6.92. The van der Waals surface area contributed by atoms with E-state index in [0.29, 0.717) is 13.2 Å². The summed E-state index contributed by atoms with van der Waals surface area (Å²) in [7, 11) is 0. The molecule has 2 aromatic carbocycles. The van der Waals surface area contributed by atoms with Gasteiger partial charge in [-0.2, -0.15) is 0 Å². The first-order valence-corrected chi connectivity index (χ1v) is 9.09. The Morgan fingerprint density at radius 3 is 2.46 bits per heavy atom. The average Bonchev–Trinajstić information content (AvgIpc) is 2.66. The molecule has 2 aromatic rings. The van der Waals surface area contributed by atoms with Gasteiger partial charge in [0.15, 0.2) is 0 Å². The van der Waals surface area contributed by atoms with Gasteiger partial charge in [-0.25, -0.2) is 4.39 Å². The van der Waals surface area contributed by atoms with Gasteiger partial charge in [0.1, 0.15) is 18.2 Å². The molecule has 0 radical (unpaired) electrons. The van der Waals surface area contributed by atoms with Crippen LogP contribution in [0.25, 0.3) is 0 Å². The van der Waals surface area contributed by atoms with Crippen molar-refractivity contribution in [1.82, 2.24) is 5.32 Å². The van der Waals surface area contributed by atoms with Gasteiger partial charge in [0.2, 0.25) is 5.91 Å². The molecule has 1 fully saturated rings. The summed E-state index contributed by atoms with van der Waals surface area (Å²) in [4.78, 5) is 11.9. The van der Waals surface area contributed by atoms with Crippen molar-refractivity contribution in [3.8, 4) is 5.75 Å². The standard InChI is InChI=1S/C21H25FN2O2/c22-18-6-4-5-17(13-18)15-26-19-9-7-16(8-10-19)14-24-21(20(23)25)11-2-1-3-12-21/h4-10,13,24H,1-3,11-12,14-15H2,(H2,23,25). The molecule has 26 heavy (non-hydrogen) atoms. The van der Waals surface area contributed by atoms with E-state index in [1.165, 1.54) is 12.1 Å². The van der Waals surface area contributed by atoms with Crippen LogP contribution < -0.4 is 15.8 Å². The number of rotatable bonds is 7. The molecule has 0 bridgehead atoms. The van der Waals surface area contributed by atoms with E-state index in [0.717, 1.165) is 49.0 Å². The maximum Gasteiger partial charge on any atom is 0.237 e. The minimum absolute atomic E-state index is 0.257. The Hall–Kier alpha value is -2.40. The number of carbonyl (C=O) groups excluding carboxylic acids is 1. The molecule has 1 aliphatic carbocycles. The molecule has 0 aliphatic heterocycles. The fraction of sp³-hybridized carbons (Fsp3) is 0.381. The van der Waals surface area contributed by atoms with E-state index in [1.807, 2.05) is 30.3 Å².